The number of anilines is 1. The van der Waals surface area contributed by atoms with Crippen LogP contribution in [0.5, 0.6) is 0 Å². The second-order valence-electron chi connectivity index (χ2n) is 5.25. The number of hydrogen-bond acceptors (Lipinski definition) is 3. The molecule has 1 heterocycles. The molecule has 0 radical (unpaired) electrons. The predicted octanol–water partition coefficient (Wildman–Crippen LogP) is 2.19. The average Bonchev–Trinajstić information content (AvgIpc) is 2.35. The third-order valence-corrected chi connectivity index (χ3v) is 2.43. The fraction of sp³-hybridized carbons (Fsp3) is 0.467. The van der Waals surface area contributed by atoms with Crippen molar-refractivity contribution in [2.24, 2.45) is 5.41 Å². The van der Waals surface area contributed by atoms with Gasteiger partial charge in [-0.2, -0.15) is 0 Å². The van der Waals surface area contributed by atoms with Crippen molar-refractivity contribution in [1.29, 1.82) is 0 Å². The molecule has 0 saturated carbocycles. The van der Waals surface area contributed by atoms with Crippen molar-refractivity contribution < 1.29 is 9.90 Å². The van der Waals surface area contributed by atoms with E-state index in [0.29, 0.717) is 18.5 Å². The Hall–Kier alpha value is -1.86. The van der Waals surface area contributed by atoms with Crippen molar-refractivity contribution in [3.05, 3.63) is 24.0 Å². The highest BCUT2D eigenvalue weighted by Gasteiger charge is 2.21. The van der Waals surface area contributed by atoms with Crippen LogP contribution < -0.4 is 5.32 Å². The number of nitrogens with one attached hydrogen (secondary N) is 1. The first-order valence-electron chi connectivity index (χ1n) is 6.30. The Morgan fingerprint density at radius 3 is 2.84 bits per heavy atom. The Bertz CT molecular complexity index is 493. The van der Waals surface area contributed by atoms with Gasteiger partial charge in [0.1, 0.15) is 0 Å². The maximum Gasteiger partial charge on any atom is 0.229 e. The smallest absolute Gasteiger partial charge is 0.229 e. The van der Waals surface area contributed by atoms with Crippen LogP contribution in [0, 0.1) is 17.3 Å². The molecule has 0 spiro atoms. The van der Waals surface area contributed by atoms with Crippen molar-refractivity contribution in [3.8, 4) is 11.8 Å². The van der Waals surface area contributed by atoms with Gasteiger partial charge in [-0.25, -0.2) is 0 Å². The second-order valence-corrected chi connectivity index (χ2v) is 5.25. The molecule has 0 saturated heterocycles. The third kappa shape index (κ3) is 5.11. The summed E-state index contributed by atoms with van der Waals surface area (Å²) in [5.74, 6) is 5.88. The van der Waals surface area contributed by atoms with E-state index in [1.54, 1.807) is 18.5 Å². The summed E-state index contributed by atoms with van der Waals surface area (Å²) in [5.41, 5.74) is 0.904. The molecule has 0 atom stereocenters. The molecule has 0 aliphatic carbocycles. The lowest BCUT2D eigenvalue weighted by Gasteiger charge is -2.18. The van der Waals surface area contributed by atoms with Crippen LogP contribution in [0.25, 0.3) is 0 Å². The molecular formula is C15H20N2O2. The highest BCUT2D eigenvalue weighted by Crippen LogP contribution is 2.19. The van der Waals surface area contributed by atoms with Crippen LogP contribution in [0.1, 0.15) is 39.2 Å². The molecular weight excluding hydrogens is 240 g/mol. The molecule has 1 amide bonds. The number of aliphatic hydroxyl groups excluding tert-OH is 1. The molecule has 102 valence electrons. The van der Waals surface area contributed by atoms with E-state index in [4.69, 9.17) is 5.11 Å². The summed E-state index contributed by atoms with van der Waals surface area (Å²) < 4.78 is 0. The molecule has 0 bridgehead atoms. The van der Waals surface area contributed by atoms with Gasteiger partial charge in [0.2, 0.25) is 5.91 Å². The Kier molecular flexibility index (Phi) is 5.53. The average molecular weight is 260 g/mol. The summed E-state index contributed by atoms with van der Waals surface area (Å²) in [6.07, 6.45) is 4.52. The van der Waals surface area contributed by atoms with Gasteiger partial charge in [0.25, 0.3) is 0 Å². The molecule has 2 N–H and O–H groups in total. The molecule has 1 rings (SSSR count). The summed E-state index contributed by atoms with van der Waals surface area (Å²) in [5, 5.41) is 11.5. The zero-order chi connectivity index (χ0) is 14.3. The van der Waals surface area contributed by atoms with Gasteiger partial charge in [-0.3, -0.25) is 9.78 Å². The monoisotopic (exact) mass is 260 g/mol. The van der Waals surface area contributed by atoms with E-state index >= 15 is 0 Å². The summed E-state index contributed by atoms with van der Waals surface area (Å²) in [4.78, 5) is 15.9. The number of aromatic nitrogens is 1. The van der Waals surface area contributed by atoms with E-state index in [0.717, 1.165) is 5.56 Å². The predicted molar refractivity (Wildman–Crippen MR) is 75.5 cm³/mol. The van der Waals surface area contributed by atoms with Gasteiger partial charge in [-0.15, -0.1) is 0 Å². The van der Waals surface area contributed by atoms with E-state index in [2.05, 4.69) is 22.1 Å². The number of amides is 1. The lowest BCUT2D eigenvalue weighted by Crippen LogP contribution is -2.28. The molecule has 0 fully saturated rings. The summed E-state index contributed by atoms with van der Waals surface area (Å²) >= 11 is 0. The van der Waals surface area contributed by atoms with Crippen molar-refractivity contribution in [1.82, 2.24) is 4.98 Å². The number of carbonyl (C=O) groups is 1. The van der Waals surface area contributed by atoms with Gasteiger partial charge in [-0.1, -0.05) is 32.6 Å². The van der Waals surface area contributed by atoms with Gasteiger partial charge >= 0.3 is 0 Å². The Labute approximate surface area is 114 Å². The van der Waals surface area contributed by atoms with Crippen LogP contribution in [0.4, 0.5) is 5.69 Å². The molecule has 19 heavy (non-hydrogen) atoms. The Balaban J connectivity index is 2.84. The van der Waals surface area contributed by atoms with Gasteiger partial charge in [0.05, 0.1) is 17.4 Å². The molecule has 0 aromatic carbocycles. The Morgan fingerprint density at radius 1 is 1.47 bits per heavy atom. The first-order chi connectivity index (χ1) is 8.95. The molecule has 0 aliphatic rings. The summed E-state index contributed by atoms with van der Waals surface area (Å²) in [6, 6.07) is 1.77. The first kappa shape index (κ1) is 15.2. The summed E-state index contributed by atoms with van der Waals surface area (Å²) in [6.45, 7) is 5.69. The van der Waals surface area contributed by atoms with E-state index in [1.165, 1.54) is 0 Å². The van der Waals surface area contributed by atoms with Crippen molar-refractivity contribution in [3.63, 3.8) is 0 Å². The van der Waals surface area contributed by atoms with Crippen molar-refractivity contribution in [2.75, 3.05) is 11.9 Å². The number of rotatable bonds is 3. The molecule has 1 aromatic rings. The maximum atomic E-state index is 11.9. The molecule has 1 aromatic heterocycles. The molecule has 4 heteroatoms. The number of aliphatic hydroxyl groups is 1. The van der Waals surface area contributed by atoms with Crippen molar-refractivity contribution >= 4 is 11.6 Å². The van der Waals surface area contributed by atoms with Gasteiger partial charge in [0, 0.05) is 24.6 Å². The largest absolute Gasteiger partial charge is 0.396 e. The maximum absolute atomic E-state index is 11.9. The van der Waals surface area contributed by atoms with E-state index in [9.17, 15) is 4.79 Å². The van der Waals surface area contributed by atoms with Crippen LogP contribution in [-0.4, -0.2) is 22.6 Å². The van der Waals surface area contributed by atoms with Crippen molar-refractivity contribution in [2.45, 2.75) is 33.6 Å². The SMILES string of the molecule is CC(C)(C)C(=O)Nc1cnccc1C#CCCCO. The highest BCUT2D eigenvalue weighted by molar-refractivity contribution is 5.95. The number of unbranched alkanes of at least 4 members (excludes halogenated alkanes) is 1. The van der Waals surface area contributed by atoms with Crippen LogP contribution in [0.3, 0.4) is 0 Å². The van der Waals surface area contributed by atoms with Crippen LogP contribution in [-0.2, 0) is 4.79 Å². The third-order valence-electron chi connectivity index (χ3n) is 2.43. The number of carbonyl (C=O) groups excluding carboxylic acids is 1. The minimum atomic E-state index is -0.461. The lowest BCUT2D eigenvalue weighted by molar-refractivity contribution is -0.123. The fourth-order valence-corrected chi connectivity index (χ4v) is 1.24. The zero-order valence-electron chi connectivity index (χ0n) is 11.7. The topological polar surface area (TPSA) is 62.2 Å². The minimum absolute atomic E-state index is 0.0705. The molecule has 0 aliphatic heterocycles. The fourth-order valence-electron chi connectivity index (χ4n) is 1.24. The van der Waals surface area contributed by atoms with Gasteiger partial charge < -0.3 is 10.4 Å². The quantitative estimate of drug-likeness (QED) is 0.647. The number of hydrogen-bond donors (Lipinski definition) is 2. The standard InChI is InChI=1S/C15H20N2O2/c1-15(2,3)14(19)17-13-11-16-9-8-12(13)7-5-4-6-10-18/h8-9,11,18H,4,6,10H2,1-3H3,(H,17,19). The molecule has 0 unspecified atom stereocenters. The summed E-state index contributed by atoms with van der Waals surface area (Å²) in [7, 11) is 0. The van der Waals surface area contributed by atoms with Crippen LogP contribution in [0.15, 0.2) is 18.5 Å². The van der Waals surface area contributed by atoms with E-state index < -0.39 is 5.41 Å². The van der Waals surface area contributed by atoms with Gasteiger partial charge in [0.15, 0.2) is 0 Å². The normalized spacial score (nSPS) is 10.5. The second kappa shape index (κ2) is 6.91. The minimum Gasteiger partial charge on any atom is -0.396 e. The highest BCUT2D eigenvalue weighted by atomic mass is 16.2. The van der Waals surface area contributed by atoms with E-state index in [-0.39, 0.29) is 12.5 Å². The Morgan fingerprint density at radius 2 is 2.21 bits per heavy atom. The lowest BCUT2D eigenvalue weighted by atomic mass is 9.95. The van der Waals surface area contributed by atoms with Gasteiger partial charge in [-0.05, 0) is 12.5 Å². The first-order valence-corrected chi connectivity index (χ1v) is 6.30. The zero-order valence-corrected chi connectivity index (χ0v) is 11.7. The molecule has 4 nitrogen and oxygen atoms in total. The number of nitrogens with zero attached hydrogens (tertiary/aromatic N) is 1. The number of pyridine rings is 1. The van der Waals surface area contributed by atoms with Crippen LogP contribution >= 0.6 is 0 Å². The van der Waals surface area contributed by atoms with E-state index in [1.807, 2.05) is 20.8 Å². The van der Waals surface area contributed by atoms with Crippen LogP contribution in [0.2, 0.25) is 0 Å².